The molecule has 3 nitrogen and oxygen atoms in total. The van der Waals surface area contributed by atoms with Crippen molar-refractivity contribution in [3.05, 3.63) is 0 Å². The molecule has 0 aromatic rings. The zero-order valence-corrected chi connectivity index (χ0v) is 7.71. The van der Waals surface area contributed by atoms with Crippen LogP contribution in [0.4, 0.5) is 0 Å². The number of hydrogen-bond acceptors (Lipinski definition) is 3. The van der Waals surface area contributed by atoms with E-state index in [0.29, 0.717) is 6.42 Å². The molecule has 1 aliphatic rings. The largest absolute Gasteiger partial charge is 0.469 e. The van der Waals surface area contributed by atoms with Crippen LogP contribution in [0.15, 0.2) is 0 Å². The Balaban J connectivity index is 1.97. The molecule has 0 spiro atoms. The van der Waals surface area contributed by atoms with Crippen LogP contribution in [0.3, 0.4) is 0 Å². The van der Waals surface area contributed by atoms with Crippen molar-refractivity contribution in [2.75, 3.05) is 26.7 Å². The first kappa shape index (κ1) is 9.52. The third kappa shape index (κ3) is 3.22. The minimum absolute atomic E-state index is 0.0887. The SMILES string of the molecule is COC(=O)CCCN1CCCC1. The van der Waals surface area contributed by atoms with E-state index in [4.69, 9.17) is 0 Å². The summed E-state index contributed by atoms with van der Waals surface area (Å²) in [6, 6.07) is 0. The molecule has 1 saturated heterocycles. The minimum atomic E-state index is -0.0887. The van der Waals surface area contributed by atoms with Crippen LogP contribution in [0.5, 0.6) is 0 Å². The zero-order chi connectivity index (χ0) is 8.81. The van der Waals surface area contributed by atoms with Crippen LogP contribution < -0.4 is 0 Å². The summed E-state index contributed by atoms with van der Waals surface area (Å²) in [4.78, 5) is 13.2. The monoisotopic (exact) mass is 171 g/mol. The summed E-state index contributed by atoms with van der Waals surface area (Å²) in [5, 5.41) is 0. The molecule has 0 atom stereocenters. The lowest BCUT2D eigenvalue weighted by molar-refractivity contribution is -0.140. The van der Waals surface area contributed by atoms with E-state index < -0.39 is 0 Å². The van der Waals surface area contributed by atoms with Crippen molar-refractivity contribution in [3.63, 3.8) is 0 Å². The maximum atomic E-state index is 10.7. The zero-order valence-electron chi connectivity index (χ0n) is 7.71. The highest BCUT2D eigenvalue weighted by atomic mass is 16.5. The summed E-state index contributed by atoms with van der Waals surface area (Å²) in [6.07, 6.45) is 4.14. The van der Waals surface area contributed by atoms with Gasteiger partial charge in [-0.3, -0.25) is 4.79 Å². The molecule has 0 saturated carbocycles. The topological polar surface area (TPSA) is 29.5 Å². The van der Waals surface area contributed by atoms with Crippen LogP contribution in [-0.4, -0.2) is 37.6 Å². The minimum Gasteiger partial charge on any atom is -0.469 e. The van der Waals surface area contributed by atoms with Crippen molar-refractivity contribution in [3.8, 4) is 0 Å². The number of likely N-dealkylation sites (tertiary alicyclic amines) is 1. The number of esters is 1. The van der Waals surface area contributed by atoms with Crippen LogP contribution in [-0.2, 0) is 9.53 Å². The van der Waals surface area contributed by atoms with Crippen molar-refractivity contribution >= 4 is 5.97 Å². The van der Waals surface area contributed by atoms with Crippen molar-refractivity contribution in [2.45, 2.75) is 25.7 Å². The Morgan fingerprint density at radius 2 is 2.08 bits per heavy atom. The van der Waals surface area contributed by atoms with E-state index in [1.54, 1.807) is 0 Å². The molecule has 70 valence electrons. The lowest BCUT2D eigenvalue weighted by atomic mass is 10.3. The van der Waals surface area contributed by atoms with Crippen LogP contribution in [0.2, 0.25) is 0 Å². The van der Waals surface area contributed by atoms with E-state index >= 15 is 0 Å². The molecular formula is C9H17NO2. The van der Waals surface area contributed by atoms with Crippen LogP contribution in [0, 0.1) is 0 Å². The van der Waals surface area contributed by atoms with Crippen LogP contribution in [0.1, 0.15) is 25.7 Å². The smallest absolute Gasteiger partial charge is 0.305 e. The predicted molar refractivity (Wildman–Crippen MR) is 46.9 cm³/mol. The van der Waals surface area contributed by atoms with Gasteiger partial charge in [-0.05, 0) is 38.9 Å². The molecule has 1 aliphatic heterocycles. The van der Waals surface area contributed by atoms with E-state index in [1.807, 2.05) is 0 Å². The van der Waals surface area contributed by atoms with Crippen molar-refractivity contribution < 1.29 is 9.53 Å². The Bertz CT molecular complexity index is 141. The maximum Gasteiger partial charge on any atom is 0.305 e. The van der Waals surface area contributed by atoms with Crippen LogP contribution in [0.25, 0.3) is 0 Å². The Hall–Kier alpha value is -0.570. The van der Waals surface area contributed by atoms with E-state index in [0.717, 1.165) is 13.0 Å². The predicted octanol–water partition coefficient (Wildman–Crippen LogP) is 1.04. The molecule has 0 aromatic carbocycles. The normalized spacial score (nSPS) is 18.1. The number of rotatable bonds is 4. The van der Waals surface area contributed by atoms with Crippen molar-refractivity contribution in [1.82, 2.24) is 4.90 Å². The summed E-state index contributed by atoms with van der Waals surface area (Å²) in [5.41, 5.74) is 0. The van der Waals surface area contributed by atoms with Gasteiger partial charge in [0.05, 0.1) is 7.11 Å². The molecule has 0 radical (unpaired) electrons. The first-order valence-corrected chi connectivity index (χ1v) is 4.62. The molecule has 3 heteroatoms. The number of carbonyl (C=O) groups excluding carboxylic acids is 1. The fraction of sp³-hybridized carbons (Fsp3) is 0.889. The molecule has 12 heavy (non-hydrogen) atoms. The van der Waals surface area contributed by atoms with Crippen molar-refractivity contribution in [1.29, 1.82) is 0 Å². The number of methoxy groups -OCH3 is 1. The molecule has 1 heterocycles. The second-order valence-corrected chi connectivity index (χ2v) is 3.23. The Labute approximate surface area is 73.7 Å². The fourth-order valence-electron chi connectivity index (χ4n) is 1.56. The van der Waals surface area contributed by atoms with E-state index in [9.17, 15) is 4.79 Å². The molecule has 0 unspecified atom stereocenters. The lowest BCUT2D eigenvalue weighted by Gasteiger charge is -2.12. The maximum absolute atomic E-state index is 10.7. The first-order chi connectivity index (χ1) is 5.83. The van der Waals surface area contributed by atoms with Gasteiger partial charge in [-0.1, -0.05) is 0 Å². The molecule has 0 N–H and O–H groups in total. The summed E-state index contributed by atoms with van der Waals surface area (Å²) < 4.78 is 4.56. The fourth-order valence-corrected chi connectivity index (χ4v) is 1.56. The third-order valence-corrected chi connectivity index (χ3v) is 2.28. The molecule has 0 amide bonds. The van der Waals surface area contributed by atoms with E-state index in [-0.39, 0.29) is 5.97 Å². The molecule has 0 aromatic heterocycles. The summed E-state index contributed by atoms with van der Waals surface area (Å²) in [6.45, 7) is 3.47. The highest BCUT2D eigenvalue weighted by Crippen LogP contribution is 2.08. The molecule has 1 fully saturated rings. The highest BCUT2D eigenvalue weighted by molar-refractivity contribution is 5.69. The summed E-state index contributed by atoms with van der Waals surface area (Å²) in [7, 11) is 1.44. The lowest BCUT2D eigenvalue weighted by Crippen LogP contribution is -2.21. The molecule has 0 bridgehead atoms. The van der Waals surface area contributed by atoms with Crippen LogP contribution >= 0.6 is 0 Å². The third-order valence-electron chi connectivity index (χ3n) is 2.28. The number of hydrogen-bond donors (Lipinski definition) is 0. The molecular weight excluding hydrogens is 154 g/mol. The molecule has 1 rings (SSSR count). The summed E-state index contributed by atoms with van der Waals surface area (Å²) >= 11 is 0. The highest BCUT2D eigenvalue weighted by Gasteiger charge is 2.11. The Kier molecular flexibility index (Phi) is 4.08. The average molecular weight is 171 g/mol. The number of carbonyl (C=O) groups is 1. The second-order valence-electron chi connectivity index (χ2n) is 3.23. The van der Waals surface area contributed by atoms with Gasteiger partial charge < -0.3 is 9.64 Å². The van der Waals surface area contributed by atoms with Gasteiger partial charge in [-0.15, -0.1) is 0 Å². The van der Waals surface area contributed by atoms with Crippen molar-refractivity contribution in [2.24, 2.45) is 0 Å². The Morgan fingerprint density at radius 1 is 1.42 bits per heavy atom. The van der Waals surface area contributed by atoms with Gasteiger partial charge in [0.1, 0.15) is 0 Å². The number of nitrogens with zero attached hydrogens (tertiary/aromatic N) is 1. The second kappa shape index (κ2) is 5.14. The standard InChI is InChI=1S/C9H17NO2/c1-12-9(11)5-4-8-10-6-2-3-7-10/h2-8H2,1H3. The summed E-state index contributed by atoms with van der Waals surface area (Å²) in [5.74, 6) is -0.0887. The van der Waals surface area contributed by atoms with Gasteiger partial charge in [0.25, 0.3) is 0 Å². The van der Waals surface area contributed by atoms with E-state index in [2.05, 4.69) is 9.64 Å². The van der Waals surface area contributed by atoms with Gasteiger partial charge in [-0.25, -0.2) is 0 Å². The molecule has 0 aliphatic carbocycles. The average Bonchev–Trinajstić information content (AvgIpc) is 2.57. The van der Waals surface area contributed by atoms with Gasteiger partial charge in [0.15, 0.2) is 0 Å². The number of ether oxygens (including phenoxy) is 1. The Morgan fingerprint density at radius 3 is 2.67 bits per heavy atom. The quantitative estimate of drug-likeness (QED) is 0.592. The first-order valence-electron chi connectivity index (χ1n) is 4.62. The van der Waals surface area contributed by atoms with Gasteiger partial charge in [-0.2, -0.15) is 0 Å². The van der Waals surface area contributed by atoms with Gasteiger partial charge >= 0.3 is 5.97 Å². The van der Waals surface area contributed by atoms with Gasteiger partial charge in [0, 0.05) is 6.42 Å². The van der Waals surface area contributed by atoms with E-state index in [1.165, 1.54) is 33.0 Å². The van der Waals surface area contributed by atoms with Gasteiger partial charge in [0.2, 0.25) is 0 Å².